The molecule has 2 heteroatoms. The summed E-state index contributed by atoms with van der Waals surface area (Å²) in [5.41, 5.74) is 0. The SMILES string of the molecule is C[C](C)=[Hf]([C]1=CC=CC1)[C]1=CC=CC1.[Cl-].[H-]. The van der Waals surface area contributed by atoms with Gasteiger partial charge in [0.15, 0.2) is 0 Å². The molecular weight excluding hydrogens is 370 g/mol. The van der Waals surface area contributed by atoms with Crippen LogP contribution in [0.1, 0.15) is 28.1 Å². The van der Waals surface area contributed by atoms with Gasteiger partial charge in [-0.15, -0.1) is 0 Å². The monoisotopic (exact) mass is 388 g/mol. The normalized spacial score (nSPS) is 17.2. The fraction of sp³-hybridized carbons (Fsp3) is 0.308. The summed E-state index contributed by atoms with van der Waals surface area (Å²) in [4.78, 5) is 0. The van der Waals surface area contributed by atoms with Gasteiger partial charge in [-0.3, -0.25) is 0 Å². The summed E-state index contributed by atoms with van der Waals surface area (Å²) >= 11 is -1.69. The van der Waals surface area contributed by atoms with Gasteiger partial charge in [0.25, 0.3) is 0 Å². The summed E-state index contributed by atoms with van der Waals surface area (Å²) in [5.74, 6) is 0. The molecule has 0 aromatic rings. The van der Waals surface area contributed by atoms with Crippen molar-refractivity contribution in [3.63, 3.8) is 0 Å². The van der Waals surface area contributed by atoms with Gasteiger partial charge in [0.2, 0.25) is 0 Å². The molecule has 0 N–H and O–H groups in total. The Kier molecular flexibility index (Phi) is 5.14. The van der Waals surface area contributed by atoms with E-state index in [-0.39, 0.29) is 13.8 Å². The summed E-state index contributed by atoms with van der Waals surface area (Å²) in [6, 6.07) is 0. The quantitative estimate of drug-likeness (QED) is 0.610. The zero-order valence-corrected chi connectivity index (χ0v) is 13.6. The van der Waals surface area contributed by atoms with Crippen LogP contribution in [0.25, 0.3) is 0 Å². The van der Waals surface area contributed by atoms with Gasteiger partial charge < -0.3 is 13.8 Å². The fourth-order valence-corrected chi connectivity index (χ4v) is 12.4. The summed E-state index contributed by atoms with van der Waals surface area (Å²) in [7, 11) is 0. The minimum Gasteiger partial charge on any atom is -1.00 e. The van der Waals surface area contributed by atoms with E-state index < -0.39 is 21.0 Å². The molecule has 0 radical (unpaired) electrons. The molecule has 15 heavy (non-hydrogen) atoms. The molecule has 82 valence electrons. The van der Waals surface area contributed by atoms with Gasteiger partial charge in [-0.05, 0) is 0 Å². The molecule has 0 saturated heterocycles. The maximum absolute atomic E-state index is 2.37. The Morgan fingerprint density at radius 1 is 1.07 bits per heavy atom. The van der Waals surface area contributed by atoms with Crippen LogP contribution in [0.15, 0.2) is 43.1 Å². The summed E-state index contributed by atoms with van der Waals surface area (Å²) in [5, 5.41) is 0. The van der Waals surface area contributed by atoms with Gasteiger partial charge in [-0.25, -0.2) is 0 Å². The molecule has 0 unspecified atom stereocenters. The first-order valence-corrected chi connectivity index (χ1v) is 10.6. The molecule has 0 aliphatic heterocycles. The standard InChI is InChI=1S/2C5H5.C3H6.ClH.Hf.H/c2*1-2-4-5-3-1;1-3-2;;;/h2*1-3H,4H2;1-2H3;1H;;/q;;;;;-1/p-1. The molecular formula is C13H17ClHf-2. The van der Waals surface area contributed by atoms with Crippen molar-refractivity contribution in [1.82, 2.24) is 0 Å². The molecule has 0 aromatic carbocycles. The number of hydrogen-bond donors (Lipinski definition) is 0. The second kappa shape index (κ2) is 5.91. The second-order valence-corrected chi connectivity index (χ2v) is 14.9. The first-order valence-electron chi connectivity index (χ1n) is 5.18. The van der Waals surface area contributed by atoms with Crippen LogP contribution in [0, 0.1) is 0 Å². The third-order valence-electron chi connectivity index (χ3n) is 2.68. The topological polar surface area (TPSA) is 0 Å². The first-order chi connectivity index (χ1) is 6.79. The van der Waals surface area contributed by atoms with E-state index in [1.165, 1.54) is 12.8 Å². The van der Waals surface area contributed by atoms with Gasteiger partial charge >= 0.3 is 94.0 Å². The zero-order valence-electron chi connectivity index (χ0n) is 10.3. The second-order valence-electron chi connectivity index (χ2n) is 4.02. The van der Waals surface area contributed by atoms with Gasteiger partial charge in [-0.2, -0.15) is 0 Å². The Bertz CT molecular complexity index is 364. The molecule has 0 heterocycles. The Morgan fingerprint density at radius 3 is 1.80 bits per heavy atom. The number of rotatable bonds is 2. The predicted molar refractivity (Wildman–Crippen MR) is 61.1 cm³/mol. The van der Waals surface area contributed by atoms with E-state index >= 15 is 0 Å². The molecule has 0 bridgehead atoms. The molecule has 2 rings (SSSR count). The maximum Gasteiger partial charge on any atom is -1.00 e. The van der Waals surface area contributed by atoms with Gasteiger partial charge in [0.1, 0.15) is 0 Å². The largest absolute Gasteiger partial charge is 1.00 e. The van der Waals surface area contributed by atoms with Crippen LogP contribution in [0.4, 0.5) is 0 Å². The number of halogens is 1. The molecule has 0 spiro atoms. The van der Waals surface area contributed by atoms with Crippen molar-refractivity contribution >= 4 is 3.26 Å². The van der Waals surface area contributed by atoms with Crippen LogP contribution in [-0.2, 0) is 21.0 Å². The van der Waals surface area contributed by atoms with Gasteiger partial charge in [-0.1, -0.05) is 0 Å². The van der Waals surface area contributed by atoms with Crippen LogP contribution >= 0.6 is 0 Å². The minimum atomic E-state index is -1.69. The Hall–Kier alpha value is -0.00987. The van der Waals surface area contributed by atoms with Crippen molar-refractivity contribution in [3.05, 3.63) is 43.1 Å². The van der Waals surface area contributed by atoms with Crippen LogP contribution in [0.3, 0.4) is 0 Å². The smallest absolute Gasteiger partial charge is 1.00 e. The average molecular weight is 387 g/mol. The van der Waals surface area contributed by atoms with Crippen LogP contribution < -0.4 is 12.4 Å². The van der Waals surface area contributed by atoms with Gasteiger partial charge in [0.05, 0.1) is 0 Å². The van der Waals surface area contributed by atoms with Crippen molar-refractivity contribution < 1.29 is 34.8 Å². The number of allylic oxidation sites excluding steroid dienone is 8. The van der Waals surface area contributed by atoms with E-state index in [0.717, 1.165) is 0 Å². The van der Waals surface area contributed by atoms with E-state index in [9.17, 15) is 0 Å². The van der Waals surface area contributed by atoms with Crippen molar-refractivity contribution in [3.8, 4) is 0 Å². The molecule has 0 nitrogen and oxygen atoms in total. The molecule has 0 saturated carbocycles. The minimum absolute atomic E-state index is 0. The van der Waals surface area contributed by atoms with Crippen molar-refractivity contribution in [2.75, 3.05) is 0 Å². The van der Waals surface area contributed by atoms with Crippen molar-refractivity contribution in [1.29, 1.82) is 0 Å². The van der Waals surface area contributed by atoms with Crippen molar-refractivity contribution in [2.45, 2.75) is 26.7 Å². The summed E-state index contributed by atoms with van der Waals surface area (Å²) in [6.07, 6.45) is 16.2. The molecule has 2 aliphatic carbocycles. The number of hydrogen-bond acceptors (Lipinski definition) is 0. The maximum atomic E-state index is 2.37. The Labute approximate surface area is 107 Å². The summed E-state index contributed by atoms with van der Waals surface area (Å²) in [6.45, 7) is 4.67. The molecule has 0 fully saturated rings. The Morgan fingerprint density at radius 2 is 1.53 bits per heavy atom. The van der Waals surface area contributed by atoms with E-state index in [4.69, 9.17) is 0 Å². The molecule has 0 amide bonds. The van der Waals surface area contributed by atoms with Gasteiger partial charge in [0, 0.05) is 0 Å². The van der Waals surface area contributed by atoms with Crippen molar-refractivity contribution in [2.24, 2.45) is 0 Å². The van der Waals surface area contributed by atoms with E-state index in [2.05, 4.69) is 50.3 Å². The molecule has 0 atom stereocenters. The fourth-order valence-electron chi connectivity index (χ4n) is 2.11. The predicted octanol–water partition coefficient (Wildman–Crippen LogP) is 0.621. The Balaban J connectivity index is 0.00000112. The zero-order chi connectivity index (χ0) is 9.97. The third kappa shape index (κ3) is 2.98. The molecule has 2 aliphatic rings. The summed E-state index contributed by atoms with van der Waals surface area (Å²) < 4.78 is 5.26. The van der Waals surface area contributed by atoms with E-state index in [0.29, 0.717) is 0 Å². The average Bonchev–Trinajstić information content (AvgIpc) is 2.75. The third-order valence-corrected chi connectivity index (χ3v) is 13.6. The van der Waals surface area contributed by atoms with Crippen LogP contribution in [0.2, 0.25) is 0 Å². The molecule has 0 aromatic heterocycles. The van der Waals surface area contributed by atoms with Crippen LogP contribution in [0.5, 0.6) is 0 Å². The van der Waals surface area contributed by atoms with Crippen LogP contribution in [-0.4, -0.2) is 3.26 Å². The first kappa shape index (κ1) is 13.1. The van der Waals surface area contributed by atoms with E-state index in [1.807, 2.05) is 0 Å². The van der Waals surface area contributed by atoms with E-state index in [1.54, 1.807) is 9.91 Å².